The Balaban J connectivity index is 1.80. The van der Waals surface area contributed by atoms with Crippen LogP contribution >= 0.6 is 11.3 Å². The van der Waals surface area contributed by atoms with Crippen molar-refractivity contribution in [2.45, 2.75) is 39.2 Å². The second-order valence-electron chi connectivity index (χ2n) is 5.35. The summed E-state index contributed by atoms with van der Waals surface area (Å²) in [6.07, 6.45) is 4.51. The van der Waals surface area contributed by atoms with E-state index in [0.717, 1.165) is 38.0 Å². The summed E-state index contributed by atoms with van der Waals surface area (Å²) in [5, 5.41) is 3.41. The van der Waals surface area contributed by atoms with Gasteiger partial charge in [-0.1, -0.05) is 19.4 Å². The van der Waals surface area contributed by atoms with Crippen LogP contribution in [0.25, 0.3) is 0 Å². The normalized spacial score (nSPS) is 14.3. The summed E-state index contributed by atoms with van der Waals surface area (Å²) in [7, 11) is 0. The van der Waals surface area contributed by atoms with Gasteiger partial charge in [-0.15, -0.1) is 11.3 Å². The number of thiazole rings is 1. The minimum Gasteiger partial charge on any atom is -0.398 e. The van der Waals surface area contributed by atoms with Crippen LogP contribution in [0.3, 0.4) is 0 Å². The van der Waals surface area contributed by atoms with Crippen LogP contribution < -0.4 is 10.6 Å². The zero-order valence-electron chi connectivity index (χ0n) is 11.9. The quantitative estimate of drug-likeness (QED) is 0.873. The predicted octanol–water partition coefficient (Wildman–Crippen LogP) is 3.63. The average molecular weight is 287 g/mol. The molecular weight excluding hydrogens is 266 g/mol. The van der Waals surface area contributed by atoms with Gasteiger partial charge in [-0.25, -0.2) is 4.98 Å². The molecule has 1 aliphatic rings. The smallest absolute Gasteiger partial charge is 0.112 e. The molecule has 2 aromatic rings. The Hall–Kier alpha value is -1.55. The molecule has 3 nitrogen and oxygen atoms in total. The highest BCUT2D eigenvalue weighted by molar-refractivity contribution is 7.09. The molecule has 2 N–H and O–H groups in total. The van der Waals surface area contributed by atoms with Crippen LogP contribution in [0.15, 0.2) is 23.6 Å². The first kappa shape index (κ1) is 13.4. The highest BCUT2D eigenvalue weighted by Gasteiger charge is 2.19. The molecule has 0 saturated carbocycles. The maximum atomic E-state index is 6.10. The largest absolute Gasteiger partial charge is 0.398 e. The molecule has 0 saturated heterocycles. The Morgan fingerprint density at radius 2 is 2.30 bits per heavy atom. The molecule has 2 heterocycles. The van der Waals surface area contributed by atoms with Gasteiger partial charge in [0.05, 0.1) is 12.2 Å². The lowest BCUT2D eigenvalue weighted by Crippen LogP contribution is -2.29. The number of benzene rings is 1. The van der Waals surface area contributed by atoms with Crippen LogP contribution in [0.5, 0.6) is 0 Å². The lowest BCUT2D eigenvalue weighted by molar-refractivity contribution is 0.689. The molecule has 106 valence electrons. The van der Waals surface area contributed by atoms with Crippen LogP contribution in [0, 0.1) is 0 Å². The summed E-state index contributed by atoms with van der Waals surface area (Å²) < 4.78 is 0. The minimum absolute atomic E-state index is 0.908. The third kappa shape index (κ3) is 2.66. The Bertz CT molecular complexity index is 591. The molecule has 1 aromatic carbocycles. The summed E-state index contributed by atoms with van der Waals surface area (Å²) in [5.74, 6) is 0. The van der Waals surface area contributed by atoms with Gasteiger partial charge < -0.3 is 10.6 Å². The summed E-state index contributed by atoms with van der Waals surface area (Å²) in [6.45, 7) is 4.20. The van der Waals surface area contributed by atoms with Gasteiger partial charge in [-0.2, -0.15) is 0 Å². The van der Waals surface area contributed by atoms with Crippen LogP contribution in [0.2, 0.25) is 0 Å². The van der Waals surface area contributed by atoms with Crippen molar-refractivity contribution in [3.63, 3.8) is 0 Å². The number of fused-ring (bicyclic) bond motifs is 1. The SMILES string of the molecule is CCCc1csc(CN2CCCc3c(N)cccc32)n1. The molecule has 4 heteroatoms. The number of nitrogens with two attached hydrogens (primary N) is 1. The Kier molecular flexibility index (Phi) is 3.92. The van der Waals surface area contributed by atoms with Gasteiger partial charge in [0.15, 0.2) is 0 Å². The van der Waals surface area contributed by atoms with Gasteiger partial charge >= 0.3 is 0 Å². The predicted molar refractivity (Wildman–Crippen MR) is 86.3 cm³/mol. The third-order valence-corrected chi connectivity index (χ3v) is 4.70. The van der Waals surface area contributed by atoms with Crippen molar-refractivity contribution in [3.8, 4) is 0 Å². The lowest BCUT2D eigenvalue weighted by Gasteiger charge is -2.31. The van der Waals surface area contributed by atoms with Gasteiger partial charge in [0.2, 0.25) is 0 Å². The molecule has 0 amide bonds. The number of anilines is 2. The van der Waals surface area contributed by atoms with Crippen LogP contribution in [-0.4, -0.2) is 11.5 Å². The zero-order valence-corrected chi connectivity index (χ0v) is 12.7. The van der Waals surface area contributed by atoms with E-state index in [1.54, 1.807) is 11.3 Å². The first-order valence-corrected chi connectivity index (χ1v) is 8.21. The fourth-order valence-corrected chi connectivity index (χ4v) is 3.69. The Labute approximate surface area is 124 Å². The van der Waals surface area contributed by atoms with Crippen molar-refractivity contribution in [2.75, 3.05) is 17.2 Å². The van der Waals surface area contributed by atoms with Crippen molar-refractivity contribution in [1.82, 2.24) is 4.98 Å². The lowest BCUT2D eigenvalue weighted by atomic mass is 10.00. The van der Waals surface area contributed by atoms with E-state index < -0.39 is 0 Å². The number of nitrogen functional groups attached to an aromatic ring is 1. The number of aromatic nitrogens is 1. The second kappa shape index (κ2) is 5.83. The van der Waals surface area contributed by atoms with Gasteiger partial charge in [0, 0.05) is 23.3 Å². The molecule has 3 rings (SSSR count). The Morgan fingerprint density at radius 1 is 1.40 bits per heavy atom. The maximum Gasteiger partial charge on any atom is 0.112 e. The number of aryl methyl sites for hydroxylation is 1. The summed E-state index contributed by atoms with van der Waals surface area (Å²) >= 11 is 1.78. The van der Waals surface area contributed by atoms with E-state index in [0.29, 0.717) is 0 Å². The van der Waals surface area contributed by atoms with Gasteiger partial charge in [-0.3, -0.25) is 0 Å². The minimum atomic E-state index is 0.908. The van der Waals surface area contributed by atoms with Crippen molar-refractivity contribution >= 4 is 22.7 Å². The highest BCUT2D eigenvalue weighted by atomic mass is 32.1. The van der Waals surface area contributed by atoms with E-state index in [2.05, 4.69) is 29.3 Å². The van der Waals surface area contributed by atoms with Crippen molar-refractivity contribution in [1.29, 1.82) is 0 Å². The van der Waals surface area contributed by atoms with Crippen molar-refractivity contribution in [2.24, 2.45) is 0 Å². The fourth-order valence-electron chi connectivity index (χ4n) is 2.85. The van der Waals surface area contributed by atoms with Crippen LogP contribution in [0.4, 0.5) is 11.4 Å². The van der Waals surface area contributed by atoms with Crippen LogP contribution in [-0.2, 0) is 19.4 Å². The summed E-state index contributed by atoms with van der Waals surface area (Å²) in [6, 6.07) is 6.24. The van der Waals surface area contributed by atoms with E-state index in [-0.39, 0.29) is 0 Å². The molecule has 0 spiro atoms. The number of nitrogens with zero attached hydrogens (tertiary/aromatic N) is 2. The topological polar surface area (TPSA) is 42.1 Å². The highest BCUT2D eigenvalue weighted by Crippen LogP contribution is 2.32. The summed E-state index contributed by atoms with van der Waals surface area (Å²) in [4.78, 5) is 7.16. The van der Waals surface area contributed by atoms with E-state index >= 15 is 0 Å². The van der Waals surface area contributed by atoms with Crippen molar-refractivity contribution in [3.05, 3.63) is 39.8 Å². The molecular formula is C16H21N3S. The van der Waals surface area contributed by atoms with E-state index in [1.807, 2.05) is 6.07 Å². The zero-order chi connectivity index (χ0) is 13.9. The van der Waals surface area contributed by atoms with Gasteiger partial charge in [0.25, 0.3) is 0 Å². The number of rotatable bonds is 4. The summed E-state index contributed by atoms with van der Waals surface area (Å²) in [5.41, 5.74) is 10.9. The van der Waals surface area contributed by atoms with Crippen molar-refractivity contribution < 1.29 is 0 Å². The molecule has 1 aliphatic heterocycles. The third-order valence-electron chi connectivity index (χ3n) is 3.81. The fraction of sp³-hybridized carbons (Fsp3) is 0.438. The molecule has 20 heavy (non-hydrogen) atoms. The number of hydrogen-bond donors (Lipinski definition) is 1. The molecule has 0 bridgehead atoms. The first-order chi connectivity index (χ1) is 9.78. The van der Waals surface area contributed by atoms with Gasteiger partial charge in [-0.05, 0) is 37.0 Å². The molecule has 0 unspecified atom stereocenters. The Morgan fingerprint density at radius 3 is 3.15 bits per heavy atom. The molecule has 0 radical (unpaired) electrons. The molecule has 0 atom stereocenters. The maximum absolute atomic E-state index is 6.10. The molecule has 1 aromatic heterocycles. The standard InChI is InChI=1S/C16H21N3S/c1-2-5-12-11-20-16(18-12)10-19-9-4-6-13-14(17)7-3-8-15(13)19/h3,7-8,11H,2,4-6,9-10,17H2,1H3. The second-order valence-corrected chi connectivity index (χ2v) is 6.30. The van der Waals surface area contributed by atoms with E-state index in [1.165, 1.54) is 28.4 Å². The van der Waals surface area contributed by atoms with E-state index in [9.17, 15) is 0 Å². The first-order valence-electron chi connectivity index (χ1n) is 7.33. The van der Waals surface area contributed by atoms with Crippen LogP contribution in [0.1, 0.15) is 36.0 Å². The number of hydrogen-bond acceptors (Lipinski definition) is 4. The van der Waals surface area contributed by atoms with Gasteiger partial charge in [0.1, 0.15) is 5.01 Å². The molecule has 0 aliphatic carbocycles. The average Bonchev–Trinajstić information content (AvgIpc) is 2.88. The van der Waals surface area contributed by atoms with E-state index in [4.69, 9.17) is 10.7 Å². The molecule has 0 fully saturated rings. The monoisotopic (exact) mass is 287 g/mol.